The summed E-state index contributed by atoms with van der Waals surface area (Å²) in [5.74, 6) is 0. The van der Waals surface area contributed by atoms with E-state index in [0.717, 1.165) is 32.7 Å². The Kier molecular flexibility index (Phi) is 4.97. The first-order valence-corrected chi connectivity index (χ1v) is 7.23. The molecule has 2 atom stereocenters. The summed E-state index contributed by atoms with van der Waals surface area (Å²) >= 11 is 0. The van der Waals surface area contributed by atoms with Crippen molar-refractivity contribution in [1.29, 1.82) is 0 Å². The van der Waals surface area contributed by atoms with Crippen LogP contribution >= 0.6 is 0 Å². The summed E-state index contributed by atoms with van der Waals surface area (Å²) in [6.07, 6.45) is 1.41. The average Bonchev–Trinajstić information content (AvgIpc) is 2.53. The summed E-state index contributed by atoms with van der Waals surface area (Å²) in [5.41, 5.74) is 10.3. The minimum absolute atomic E-state index is 0.0888. The summed E-state index contributed by atoms with van der Waals surface area (Å²) in [7, 11) is 0. The van der Waals surface area contributed by atoms with Gasteiger partial charge in [0.1, 0.15) is 0 Å². The molecular formula is C16H26N2O. The highest BCUT2D eigenvalue weighted by Crippen LogP contribution is 2.19. The summed E-state index contributed by atoms with van der Waals surface area (Å²) in [6.45, 7) is 10.3. The predicted octanol–water partition coefficient (Wildman–Crippen LogP) is 2.41. The molecule has 3 heteroatoms. The summed E-state index contributed by atoms with van der Waals surface area (Å²) in [4.78, 5) is 2.43. The zero-order valence-corrected chi connectivity index (χ0v) is 12.4. The van der Waals surface area contributed by atoms with Gasteiger partial charge in [-0.2, -0.15) is 0 Å². The van der Waals surface area contributed by atoms with E-state index < -0.39 is 0 Å². The number of hydrogen-bond donors (Lipinski definition) is 1. The first-order valence-electron chi connectivity index (χ1n) is 7.23. The molecule has 3 nitrogen and oxygen atoms in total. The molecule has 0 spiro atoms. The number of ether oxygens (including phenoxy) is 1. The zero-order chi connectivity index (χ0) is 13.8. The number of aryl methyl sites for hydroxylation is 2. The molecule has 1 aromatic rings. The average molecular weight is 262 g/mol. The van der Waals surface area contributed by atoms with Crippen LogP contribution < -0.4 is 5.73 Å². The van der Waals surface area contributed by atoms with Crippen molar-refractivity contribution in [2.45, 2.75) is 39.3 Å². The molecule has 1 aliphatic rings. The number of nitrogens with two attached hydrogens (primary N) is 1. The molecule has 0 saturated carbocycles. The second-order valence-electron chi connectivity index (χ2n) is 5.76. The Labute approximate surface area is 116 Å². The number of hydrogen-bond acceptors (Lipinski definition) is 3. The normalized spacial score (nSPS) is 23.1. The van der Waals surface area contributed by atoms with Crippen LogP contribution in [0.5, 0.6) is 0 Å². The maximum Gasteiger partial charge on any atom is 0.0673 e. The summed E-state index contributed by atoms with van der Waals surface area (Å²) in [6, 6.07) is 6.62. The van der Waals surface area contributed by atoms with E-state index in [1.807, 2.05) is 0 Å². The zero-order valence-electron chi connectivity index (χ0n) is 12.4. The minimum Gasteiger partial charge on any atom is -0.377 e. The Morgan fingerprint density at radius 3 is 2.95 bits per heavy atom. The van der Waals surface area contributed by atoms with Crippen LogP contribution in [-0.2, 0) is 4.74 Å². The van der Waals surface area contributed by atoms with E-state index in [0.29, 0.717) is 6.10 Å². The van der Waals surface area contributed by atoms with Gasteiger partial charge in [-0.25, -0.2) is 0 Å². The molecule has 2 rings (SSSR count). The highest BCUT2D eigenvalue weighted by Gasteiger charge is 2.18. The van der Waals surface area contributed by atoms with E-state index in [2.05, 4.69) is 43.9 Å². The second kappa shape index (κ2) is 6.51. The molecule has 0 radical (unpaired) electrons. The molecular weight excluding hydrogens is 236 g/mol. The lowest BCUT2D eigenvalue weighted by Crippen LogP contribution is -2.36. The largest absolute Gasteiger partial charge is 0.377 e. The van der Waals surface area contributed by atoms with Crippen molar-refractivity contribution in [1.82, 2.24) is 4.90 Å². The molecule has 2 unspecified atom stereocenters. The smallest absolute Gasteiger partial charge is 0.0673 e. The van der Waals surface area contributed by atoms with E-state index in [1.54, 1.807) is 0 Å². The molecule has 106 valence electrons. The highest BCUT2D eigenvalue weighted by molar-refractivity contribution is 5.32. The van der Waals surface area contributed by atoms with Gasteiger partial charge in [0.15, 0.2) is 0 Å². The lowest BCUT2D eigenvalue weighted by molar-refractivity contribution is 0.0670. The highest BCUT2D eigenvalue weighted by atomic mass is 16.5. The molecule has 19 heavy (non-hydrogen) atoms. The number of rotatable bonds is 3. The molecule has 0 bridgehead atoms. The maximum atomic E-state index is 6.39. The fraction of sp³-hybridized carbons (Fsp3) is 0.625. The number of benzene rings is 1. The third-order valence-corrected chi connectivity index (χ3v) is 3.82. The lowest BCUT2D eigenvalue weighted by atomic mass is 9.99. The second-order valence-corrected chi connectivity index (χ2v) is 5.76. The van der Waals surface area contributed by atoms with Crippen molar-refractivity contribution in [2.24, 2.45) is 5.73 Å². The molecule has 2 N–H and O–H groups in total. The standard InChI is InChI=1S/C16H26N2O/c1-12-5-6-15(13(2)9-12)16(17)11-18-7-4-8-19-14(3)10-18/h5-6,9,14,16H,4,7-8,10-11,17H2,1-3H3. The van der Waals surface area contributed by atoms with Crippen molar-refractivity contribution in [3.05, 3.63) is 34.9 Å². The van der Waals surface area contributed by atoms with Gasteiger partial charge in [-0.15, -0.1) is 0 Å². The Balaban J connectivity index is 2.01. The van der Waals surface area contributed by atoms with E-state index in [1.165, 1.54) is 16.7 Å². The maximum absolute atomic E-state index is 6.39. The van der Waals surface area contributed by atoms with E-state index in [9.17, 15) is 0 Å². The van der Waals surface area contributed by atoms with Gasteiger partial charge >= 0.3 is 0 Å². The van der Waals surface area contributed by atoms with Crippen LogP contribution in [0.2, 0.25) is 0 Å². The van der Waals surface area contributed by atoms with Crippen LogP contribution in [0.3, 0.4) is 0 Å². The van der Waals surface area contributed by atoms with E-state index >= 15 is 0 Å². The van der Waals surface area contributed by atoms with Crippen molar-refractivity contribution in [3.63, 3.8) is 0 Å². The third-order valence-electron chi connectivity index (χ3n) is 3.82. The van der Waals surface area contributed by atoms with Gasteiger partial charge in [-0.3, -0.25) is 4.90 Å². The molecule has 0 aromatic heterocycles. The quantitative estimate of drug-likeness (QED) is 0.909. The Morgan fingerprint density at radius 2 is 2.21 bits per heavy atom. The fourth-order valence-corrected chi connectivity index (χ4v) is 2.86. The van der Waals surface area contributed by atoms with Gasteiger partial charge in [-0.05, 0) is 38.3 Å². The summed E-state index contributed by atoms with van der Waals surface area (Å²) in [5, 5.41) is 0. The van der Waals surface area contributed by atoms with Crippen molar-refractivity contribution >= 4 is 0 Å². The Morgan fingerprint density at radius 1 is 1.42 bits per heavy atom. The first-order chi connectivity index (χ1) is 9.06. The van der Waals surface area contributed by atoms with E-state index in [-0.39, 0.29) is 6.04 Å². The molecule has 0 aliphatic carbocycles. The van der Waals surface area contributed by atoms with Crippen molar-refractivity contribution in [3.8, 4) is 0 Å². The number of nitrogens with zero attached hydrogens (tertiary/aromatic N) is 1. The fourth-order valence-electron chi connectivity index (χ4n) is 2.86. The predicted molar refractivity (Wildman–Crippen MR) is 79.3 cm³/mol. The molecule has 1 heterocycles. The van der Waals surface area contributed by atoms with Gasteiger partial charge in [0.25, 0.3) is 0 Å². The van der Waals surface area contributed by atoms with Crippen LogP contribution in [0.4, 0.5) is 0 Å². The van der Waals surface area contributed by atoms with Crippen LogP contribution in [0.25, 0.3) is 0 Å². The Hall–Kier alpha value is -0.900. The van der Waals surface area contributed by atoms with Crippen LogP contribution in [-0.4, -0.2) is 37.2 Å². The van der Waals surface area contributed by atoms with Crippen molar-refractivity contribution in [2.75, 3.05) is 26.2 Å². The molecule has 0 amide bonds. The monoisotopic (exact) mass is 262 g/mol. The van der Waals surface area contributed by atoms with Gasteiger partial charge in [0.05, 0.1) is 6.10 Å². The van der Waals surface area contributed by atoms with Gasteiger partial charge in [-0.1, -0.05) is 23.8 Å². The minimum atomic E-state index is 0.0888. The van der Waals surface area contributed by atoms with Gasteiger partial charge in [0, 0.05) is 32.3 Å². The molecule has 1 saturated heterocycles. The third kappa shape index (κ3) is 4.03. The summed E-state index contributed by atoms with van der Waals surface area (Å²) < 4.78 is 5.68. The Bertz CT molecular complexity index is 419. The first kappa shape index (κ1) is 14.5. The van der Waals surface area contributed by atoms with Crippen LogP contribution in [0.1, 0.15) is 36.1 Å². The van der Waals surface area contributed by atoms with Gasteiger partial charge < -0.3 is 10.5 Å². The lowest BCUT2D eigenvalue weighted by Gasteiger charge is -2.26. The van der Waals surface area contributed by atoms with Crippen LogP contribution in [0, 0.1) is 13.8 Å². The molecule has 1 fully saturated rings. The van der Waals surface area contributed by atoms with Crippen molar-refractivity contribution < 1.29 is 4.74 Å². The van der Waals surface area contributed by atoms with E-state index in [4.69, 9.17) is 10.5 Å². The van der Waals surface area contributed by atoms with Gasteiger partial charge in [0.2, 0.25) is 0 Å². The SMILES string of the molecule is Cc1ccc(C(N)CN2CCCOC(C)C2)c(C)c1. The van der Waals surface area contributed by atoms with Crippen LogP contribution in [0.15, 0.2) is 18.2 Å². The molecule has 1 aliphatic heterocycles. The molecule has 1 aromatic carbocycles. The topological polar surface area (TPSA) is 38.5 Å².